The lowest BCUT2D eigenvalue weighted by Gasteiger charge is -2.12. The zero-order valence-electron chi connectivity index (χ0n) is 11.6. The topological polar surface area (TPSA) is 18.5 Å². The molecule has 2 nitrogen and oxygen atoms in total. The van der Waals surface area contributed by atoms with Gasteiger partial charge in [0.2, 0.25) is 0 Å². The van der Waals surface area contributed by atoms with Crippen LogP contribution in [0, 0.1) is 0 Å². The lowest BCUT2D eigenvalue weighted by molar-refractivity contribution is 0.254. The predicted octanol–water partition coefficient (Wildman–Crippen LogP) is 4.50. The number of rotatable bonds is 3. The molecular formula is C17H17BrO2. The fraction of sp³-hybridized carbons (Fsp3) is 0.294. The summed E-state index contributed by atoms with van der Waals surface area (Å²) in [6, 6.07) is 14.6. The monoisotopic (exact) mass is 332 g/mol. The van der Waals surface area contributed by atoms with Crippen molar-refractivity contribution in [3.63, 3.8) is 0 Å². The molecule has 1 heterocycles. The Labute approximate surface area is 127 Å². The van der Waals surface area contributed by atoms with Gasteiger partial charge in [0, 0.05) is 6.42 Å². The molecule has 1 aliphatic rings. The van der Waals surface area contributed by atoms with Gasteiger partial charge in [-0.15, -0.1) is 0 Å². The quantitative estimate of drug-likeness (QED) is 0.770. The minimum Gasteiger partial charge on any atom is -0.497 e. The van der Waals surface area contributed by atoms with Crippen LogP contribution in [0.5, 0.6) is 11.5 Å². The van der Waals surface area contributed by atoms with E-state index >= 15 is 0 Å². The molecule has 1 aliphatic heterocycles. The molecule has 0 saturated carbocycles. The summed E-state index contributed by atoms with van der Waals surface area (Å²) in [5.41, 5.74) is 3.78. The number of hydrogen-bond donors (Lipinski definition) is 0. The van der Waals surface area contributed by atoms with Gasteiger partial charge in [-0.25, -0.2) is 0 Å². The lowest BCUT2D eigenvalue weighted by Crippen LogP contribution is -2.05. The fourth-order valence-corrected chi connectivity index (χ4v) is 3.15. The van der Waals surface area contributed by atoms with E-state index in [1.807, 2.05) is 12.1 Å². The largest absolute Gasteiger partial charge is 0.497 e. The molecule has 0 saturated heterocycles. The van der Waals surface area contributed by atoms with Crippen LogP contribution in [0.25, 0.3) is 0 Å². The molecule has 20 heavy (non-hydrogen) atoms. The standard InChI is InChI=1S/C17H17BrO2/c1-11-9-14-10-13(5-8-16(14)20-11)17(18)12-3-6-15(19-2)7-4-12/h3-8,10-11,17H,9H2,1-2H3. The van der Waals surface area contributed by atoms with Crippen molar-refractivity contribution in [2.75, 3.05) is 7.11 Å². The second-order valence-electron chi connectivity index (χ2n) is 5.14. The first-order valence-electron chi connectivity index (χ1n) is 6.75. The van der Waals surface area contributed by atoms with E-state index in [0.717, 1.165) is 17.9 Å². The Hall–Kier alpha value is -1.48. The second kappa shape index (κ2) is 5.49. The van der Waals surface area contributed by atoms with Gasteiger partial charge in [-0.05, 0) is 41.8 Å². The van der Waals surface area contributed by atoms with Gasteiger partial charge in [0.1, 0.15) is 17.6 Å². The second-order valence-corrected chi connectivity index (χ2v) is 6.05. The average molecular weight is 333 g/mol. The van der Waals surface area contributed by atoms with Gasteiger partial charge in [-0.3, -0.25) is 0 Å². The molecule has 0 fully saturated rings. The molecule has 0 aliphatic carbocycles. The molecule has 3 heteroatoms. The highest BCUT2D eigenvalue weighted by Gasteiger charge is 2.20. The number of ether oxygens (including phenoxy) is 2. The van der Waals surface area contributed by atoms with Crippen molar-refractivity contribution < 1.29 is 9.47 Å². The number of fused-ring (bicyclic) bond motifs is 1. The third-order valence-corrected chi connectivity index (χ3v) is 4.68. The van der Waals surface area contributed by atoms with Gasteiger partial charge in [-0.1, -0.05) is 40.2 Å². The summed E-state index contributed by atoms with van der Waals surface area (Å²) >= 11 is 3.78. The number of benzene rings is 2. The molecule has 0 aromatic heterocycles. The van der Waals surface area contributed by atoms with Crippen LogP contribution in [0.2, 0.25) is 0 Å². The fourth-order valence-electron chi connectivity index (χ4n) is 2.56. The third-order valence-electron chi connectivity index (χ3n) is 3.62. The van der Waals surface area contributed by atoms with Gasteiger partial charge in [0.05, 0.1) is 11.9 Å². The summed E-state index contributed by atoms with van der Waals surface area (Å²) < 4.78 is 10.9. The first kappa shape index (κ1) is 13.5. The van der Waals surface area contributed by atoms with Gasteiger partial charge in [-0.2, -0.15) is 0 Å². The molecule has 0 N–H and O–H groups in total. The highest BCUT2D eigenvalue weighted by atomic mass is 79.9. The van der Waals surface area contributed by atoms with Crippen molar-refractivity contribution in [3.05, 3.63) is 59.2 Å². The molecule has 2 aromatic carbocycles. The lowest BCUT2D eigenvalue weighted by atomic mass is 10.0. The van der Waals surface area contributed by atoms with Crippen LogP contribution in [-0.2, 0) is 6.42 Å². The SMILES string of the molecule is COc1ccc(C(Br)c2ccc3c(c2)CC(C)O3)cc1. The van der Waals surface area contributed by atoms with Crippen LogP contribution >= 0.6 is 15.9 Å². The van der Waals surface area contributed by atoms with E-state index in [9.17, 15) is 0 Å². The van der Waals surface area contributed by atoms with E-state index in [2.05, 4.69) is 53.2 Å². The summed E-state index contributed by atoms with van der Waals surface area (Å²) in [7, 11) is 1.68. The zero-order chi connectivity index (χ0) is 14.1. The molecule has 0 radical (unpaired) electrons. The Balaban J connectivity index is 1.86. The van der Waals surface area contributed by atoms with Gasteiger partial charge < -0.3 is 9.47 Å². The normalized spacial score (nSPS) is 18.2. The highest BCUT2D eigenvalue weighted by molar-refractivity contribution is 9.09. The maximum Gasteiger partial charge on any atom is 0.123 e. The number of alkyl halides is 1. The van der Waals surface area contributed by atoms with Crippen LogP contribution in [0.15, 0.2) is 42.5 Å². The molecule has 2 unspecified atom stereocenters. The first-order valence-corrected chi connectivity index (χ1v) is 7.66. The predicted molar refractivity (Wildman–Crippen MR) is 84.0 cm³/mol. The minimum absolute atomic E-state index is 0.189. The van der Waals surface area contributed by atoms with E-state index in [-0.39, 0.29) is 10.9 Å². The van der Waals surface area contributed by atoms with E-state index in [1.54, 1.807) is 7.11 Å². The van der Waals surface area contributed by atoms with Crippen molar-refractivity contribution >= 4 is 15.9 Å². The van der Waals surface area contributed by atoms with Crippen molar-refractivity contribution in [1.29, 1.82) is 0 Å². The molecule has 0 bridgehead atoms. The summed E-state index contributed by atoms with van der Waals surface area (Å²) in [6.07, 6.45) is 1.28. The average Bonchev–Trinajstić information content (AvgIpc) is 2.85. The zero-order valence-corrected chi connectivity index (χ0v) is 13.2. The highest BCUT2D eigenvalue weighted by Crippen LogP contribution is 2.36. The molecule has 2 atom stereocenters. The summed E-state index contributed by atoms with van der Waals surface area (Å²) in [5, 5.41) is 0. The van der Waals surface area contributed by atoms with Gasteiger partial charge >= 0.3 is 0 Å². The summed E-state index contributed by atoms with van der Waals surface area (Å²) in [4.78, 5) is 0.189. The molecule has 0 amide bonds. The summed E-state index contributed by atoms with van der Waals surface area (Å²) in [6.45, 7) is 2.11. The van der Waals surface area contributed by atoms with Crippen molar-refractivity contribution in [3.8, 4) is 11.5 Å². The number of hydrogen-bond acceptors (Lipinski definition) is 2. The molecule has 104 valence electrons. The number of methoxy groups -OCH3 is 1. The maximum atomic E-state index is 5.75. The smallest absolute Gasteiger partial charge is 0.123 e. The van der Waals surface area contributed by atoms with Crippen LogP contribution < -0.4 is 9.47 Å². The van der Waals surface area contributed by atoms with Crippen LogP contribution in [0.4, 0.5) is 0 Å². The molecular weight excluding hydrogens is 316 g/mol. The van der Waals surface area contributed by atoms with Crippen molar-refractivity contribution in [1.82, 2.24) is 0 Å². The van der Waals surface area contributed by atoms with Gasteiger partial charge in [0.15, 0.2) is 0 Å². The van der Waals surface area contributed by atoms with E-state index < -0.39 is 0 Å². The van der Waals surface area contributed by atoms with Gasteiger partial charge in [0.25, 0.3) is 0 Å². The van der Waals surface area contributed by atoms with Crippen LogP contribution in [0.1, 0.15) is 28.4 Å². The minimum atomic E-state index is 0.189. The Bertz CT molecular complexity index is 607. The van der Waals surface area contributed by atoms with Crippen LogP contribution in [0.3, 0.4) is 0 Å². The maximum absolute atomic E-state index is 5.75. The van der Waals surface area contributed by atoms with E-state index in [1.165, 1.54) is 16.7 Å². The molecule has 2 aromatic rings. The first-order chi connectivity index (χ1) is 9.67. The number of halogens is 1. The van der Waals surface area contributed by atoms with Crippen molar-refractivity contribution in [2.24, 2.45) is 0 Å². The molecule has 0 spiro atoms. The van der Waals surface area contributed by atoms with Crippen molar-refractivity contribution in [2.45, 2.75) is 24.3 Å². The Morgan fingerprint density at radius 3 is 2.55 bits per heavy atom. The Kier molecular flexibility index (Phi) is 3.70. The molecule has 3 rings (SSSR count). The Morgan fingerprint density at radius 2 is 1.85 bits per heavy atom. The third kappa shape index (κ3) is 2.55. The van der Waals surface area contributed by atoms with Crippen LogP contribution in [-0.4, -0.2) is 13.2 Å². The summed E-state index contributed by atoms with van der Waals surface area (Å²) in [5.74, 6) is 1.90. The van der Waals surface area contributed by atoms with E-state index in [0.29, 0.717) is 0 Å². The van der Waals surface area contributed by atoms with E-state index in [4.69, 9.17) is 9.47 Å². The Morgan fingerprint density at radius 1 is 1.15 bits per heavy atom.